The van der Waals surface area contributed by atoms with E-state index in [4.69, 9.17) is 0 Å². The fraction of sp³-hybridized carbons (Fsp3) is 0.231. The highest BCUT2D eigenvalue weighted by molar-refractivity contribution is 5.90. The molecule has 1 radical (unpaired) electrons. The molecule has 0 N–H and O–H groups in total. The Hall–Kier alpha value is -1.50. The smallest absolute Gasteiger partial charge is 0.189 e. The van der Waals surface area contributed by atoms with Crippen molar-refractivity contribution in [1.82, 2.24) is 0 Å². The summed E-state index contributed by atoms with van der Waals surface area (Å²) in [6.45, 7) is 5.91. The Morgan fingerprint density at radius 3 is 2.43 bits per heavy atom. The third-order valence-electron chi connectivity index (χ3n) is 2.76. The lowest BCUT2D eigenvalue weighted by Gasteiger charge is -2.06. The average molecular weight is 185 g/mol. The Morgan fingerprint density at radius 1 is 1.00 bits per heavy atom. The number of rotatable bonds is 0. The number of fused-ring (bicyclic) bond motifs is 1. The summed E-state index contributed by atoms with van der Waals surface area (Å²) in [6.07, 6.45) is 0. The van der Waals surface area contributed by atoms with Crippen molar-refractivity contribution in [3.63, 3.8) is 0 Å². The van der Waals surface area contributed by atoms with E-state index in [9.17, 15) is 5.11 Å². The fourth-order valence-corrected chi connectivity index (χ4v) is 1.73. The predicted octanol–water partition coefficient (Wildman–Crippen LogP) is 3.91. The van der Waals surface area contributed by atoms with Crippen LogP contribution in [0.1, 0.15) is 16.7 Å². The van der Waals surface area contributed by atoms with E-state index < -0.39 is 0 Å². The van der Waals surface area contributed by atoms with Crippen molar-refractivity contribution in [3.05, 3.63) is 41.0 Å². The Bertz CT molecular complexity index is 498. The van der Waals surface area contributed by atoms with E-state index in [0.29, 0.717) is 0 Å². The number of benzene rings is 2. The van der Waals surface area contributed by atoms with Crippen LogP contribution in [-0.4, -0.2) is 0 Å². The molecule has 0 aliphatic carbocycles. The zero-order valence-electron chi connectivity index (χ0n) is 8.72. The molecule has 2 aromatic carbocycles. The second-order valence-electron chi connectivity index (χ2n) is 3.87. The maximum absolute atomic E-state index is 11.9. The first kappa shape index (κ1) is 9.07. The minimum absolute atomic E-state index is 0.167. The van der Waals surface area contributed by atoms with Gasteiger partial charge >= 0.3 is 0 Å². The van der Waals surface area contributed by atoms with Gasteiger partial charge in [-0.2, -0.15) is 0 Å². The summed E-state index contributed by atoms with van der Waals surface area (Å²) in [5.41, 5.74) is 3.13. The van der Waals surface area contributed by atoms with Crippen LogP contribution in [0, 0.1) is 20.8 Å². The summed E-state index contributed by atoms with van der Waals surface area (Å²) in [5.74, 6) is 0.167. The van der Waals surface area contributed by atoms with Crippen LogP contribution >= 0.6 is 0 Å². The van der Waals surface area contributed by atoms with Gasteiger partial charge in [0.1, 0.15) is 0 Å². The van der Waals surface area contributed by atoms with Crippen LogP contribution in [0.15, 0.2) is 24.3 Å². The summed E-state index contributed by atoms with van der Waals surface area (Å²) in [7, 11) is 0. The van der Waals surface area contributed by atoms with Gasteiger partial charge in [0.25, 0.3) is 0 Å². The van der Waals surface area contributed by atoms with Gasteiger partial charge in [0.2, 0.25) is 0 Å². The molecule has 0 saturated heterocycles. The van der Waals surface area contributed by atoms with Crippen LogP contribution in [0.3, 0.4) is 0 Å². The van der Waals surface area contributed by atoms with E-state index in [-0.39, 0.29) is 5.75 Å². The van der Waals surface area contributed by atoms with Crippen LogP contribution in [0.25, 0.3) is 10.8 Å². The van der Waals surface area contributed by atoms with Gasteiger partial charge in [-0.1, -0.05) is 29.8 Å². The Labute approximate surface area is 84.0 Å². The van der Waals surface area contributed by atoms with E-state index in [1.165, 1.54) is 5.56 Å². The molecule has 0 bridgehead atoms. The molecule has 0 aliphatic rings. The highest BCUT2D eigenvalue weighted by Crippen LogP contribution is 2.31. The first-order chi connectivity index (χ1) is 6.59. The molecule has 0 saturated carbocycles. The molecule has 0 heterocycles. The number of aryl methyl sites for hydroxylation is 2. The molecule has 0 unspecified atom stereocenters. The van der Waals surface area contributed by atoms with Gasteiger partial charge in [0.15, 0.2) is 5.75 Å². The van der Waals surface area contributed by atoms with Crippen molar-refractivity contribution in [2.45, 2.75) is 20.8 Å². The van der Waals surface area contributed by atoms with Gasteiger partial charge in [-0.3, -0.25) is 5.11 Å². The maximum Gasteiger partial charge on any atom is 0.189 e. The molecule has 0 aromatic heterocycles. The summed E-state index contributed by atoms with van der Waals surface area (Å²) in [6, 6.07) is 8.04. The molecule has 0 aliphatic heterocycles. The molecule has 2 rings (SSSR count). The van der Waals surface area contributed by atoms with Gasteiger partial charge in [0.05, 0.1) is 0 Å². The van der Waals surface area contributed by atoms with Gasteiger partial charge in [-0.15, -0.1) is 0 Å². The van der Waals surface area contributed by atoms with Crippen LogP contribution < -0.4 is 0 Å². The number of hydrogen-bond donors (Lipinski definition) is 0. The van der Waals surface area contributed by atoms with Crippen LogP contribution in [0.4, 0.5) is 0 Å². The quantitative estimate of drug-likeness (QED) is 0.593. The second-order valence-corrected chi connectivity index (χ2v) is 3.87. The van der Waals surface area contributed by atoms with Crippen LogP contribution in [-0.2, 0) is 5.11 Å². The molecule has 1 nitrogen and oxygen atoms in total. The highest BCUT2D eigenvalue weighted by Gasteiger charge is 2.07. The van der Waals surface area contributed by atoms with Crippen LogP contribution in [0.5, 0.6) is 5.75 Å². The third-order valence-corrected chi connectivity index (χ3v) is 2.76. The molecule has 0 amide bonds. The van der Waals surface area contributed by atoms with Gasteiger partial charge in [-0.05, 0) is 37.3 Å². The summed E-state index contributed by atoms with van der Waals surface area (Å²) in [5, 5.41) is 13.7. The minimum Gasteiger partial charge on any atom is -0.289 e. The van der Waals surface area contributed by atoms with Crippen molar-refractivity contribution in [3.8, 4) is 5.75 Å². The van der Waals surface area contributed by atoms with Crippen molar-refractivity contribution in [1.29, 1.82) is 0 Å². The maximum atomic E-state index is 11.9. The lowest BCUT2D eigenvalue weighted by Crippen LogP contribution is -1.84. The third kappa shape index (κ3) is 1.25. The molecule has 0 fully saturated rings. The number of hydrogen-bond acceptors (Lipinski definition) is 0. The topological polar surface area (TPSA) is 19.9 Å². The molecule has 71 valence electrons. The van der Waals surface area contributed by atoms with Gasteiger partial charge < -0.3 is 0 Å². The van der Waals surface area contributed by atoms with Crippen molar-refractivity contribution in [2.24, 2.45) is 0 Å². The fourth-order valence-electron chi connectivity index (χ4n) is 1.73. The van der Waals surface area contributed by atoms with Crippen molar-refractivity contribution >= 4 is 10.8 Å². The SMILES string of the molecule is Cc1ccc2c([O])c(C)c(C)cc2c1. The standard InChI is InChI=1S/C13H13O/c1-8-4-5-12-11(6-8)7-9(2)10(3)13(12)14/h4-7H,1-3H3. The van der Waals surface area contributed by atoms with Crippen molar-refractivity contribution in [2.75, 3.05) is 0 Å². The Kier molecular flexibility index (Phi) is 1.95. The van der Waals surface area contributed by atoms with E-state index in [0.717, 1.165) is 21.9 Å². The van der Waals surface area contributed by atoms with Crippen LogP contribution in [0.2, 0.25) is 0 Å². The first-order valence-electron chi connectivity index (χ1n) is 4.77. The van der Waals surface area contributed by atoms with E-state index in [2.05, 4.69) is 12.1 Å². The molecule has 2 aromatic rings. The second kappa shape index (κ2) is 3.02. The summed E-state index contributed by atoms with van der Waals surface area (Å²) in [4.78, 5) is 0. The molecular formula is C13H13O. The van der Waals surface area contributed by atoms with Gasteiger partial charge in [0, 0.05) is 5.39 Å². The molecule has 0 atom stereocenters. The molecule has 14 heavy (non-hydrogen) atoms. The zero-order chi connectivity index (χ0) is 10.3. The molecule has 1 heteroatoms. The monoisotopic (exact) mass is 185 g/mol. The Morgan fingerprint density at radius 2 is 1.71 bits per heavy atom. The van der Waals surface area contributed by atoms with E-state index in [1.807, 2.05) is 32.9 Å². The zero-order valence-corrected chi connectivity index (χ0v) is 8.72. The summed E-state index contributed by atoms with van der Waals surface area (Å²) >= 11 is 0. The first-order valence-corrected chi connectivity index (χ1v) is 4.77. The average Bonchev–Trinajstić information content (AvgIpc) is 2.14. The van der Waals surface area contributed by atoms with E-state index in [1.54, 1.807) is 0 Å². The lowest BCUT2D eigenvalue weighted by atomic mass is 10.00. The Balaban J connectivity index is 2.91. The molecule has 0 spiro atoms. The van der Waals surface area contributed by atoms with E-state index >= 15 is 0 Å². The predicted molar refractivity (Wildman–Crippen MR) is 58.3 cm³/mol. The van der Waals surface area contributed by atoms with Gasteiger partial charge in [-0.25, -0.2) is 0 Å². The summed E-state index contributed by atoms with van der Waals surface area (Å²) < 4.78 is 0. The lowest BCUT2D eigenvalue weighted by molar-refractivity contribution is 0.357. The minimum atomic E-state index is 0.167. The normalized spacial score (nSPS) is 10.8. The highest BCUT2D eigenvalue weighted by atomic mass is 16.3. The largest absolute Gasteiger partial charge is 0.289 e. The molecular weight excluding hydrogens is 172 g/mol. The van der Waals surface area contributed by atoms with Crippen molar-refractivity contribution < 1.29 is 5.11 Å².